The molecule has 0 aromatic carbocycles. The summed E-state index contributed by atoms with van der Waals surface area (Å²) in [5.74, 6) is 6.65. The monoisotopic (exact) mass is 312 g/mol. The van der Waals surface area contributed by atoms with Crippen LogP contribution in [-0.2, 0) is 4.79 Å². The zero-order valence-electron chi connectivity index (χ0n) is 11.9. The van der Waals surface area contributed by atoms with E-state index in [1.54, 1.807) is 6.92 Å². The number of hydrogen-bond acceptors (Lipinski definition) is 6. The lowest BCUT2D eigenvalue weighted by Gasteiger charge is -2.20. The molecular weight excluding hydrogens is 292 g/mol. The van der Waals surface area contributed by atoms with Crippen LogP contribution in [0, 0.1) is 0 Å². The second-order valence-electron chi connectivity index (χ2n) is 5.16. The van der Waals surface area contributed by atoms with Gasteiger partial charge in [0.2, 0.25) is 11.1 Å². The van der Waals surface area contributed by atoms with Gasteiger partial charge in [-0.1, -0.05) is 31.0 Å². The maximum atomic E-state index is 11.6. The van der Waals surface area contributed by atoms with Gasteiger partial charge < -0.3 is 11.6 Å². The fourth-order valence-corrected chi connectivity index (χ4v) is 3.22. The molecule has 116 valence electrons. The lowest BCUT2D eigenvalue weighted by Crippen LogP contribution is -2.39. The normalized spacial score (nSPS) is 17.4. The van der Waals surface area contributed by atoms with Gasteiger partial charge in [0.05, 0.1) is 5.25 Å². The van der Waals surface area contributed by atoms with Crippen LogP contribution in [0.2, 0.25) is 0 Å². The van der Waals surface area contributed by atoms with Crippen molar-refractivity contribution >= 4 is 23.7 Å². The Labute approximate surface area is 127 Å². The van der Waals surface area contributed by atoms with E-state index in [0.717, 1.165) is 30.4 Å². The lowest BCUT2D eigenvalue weighted by atomic mass is 9.89. The maximum absolute atomic E-state index is 11.6. The molecule has 2 rings (SSSR count). The van der Waals surface area contributed by atoms with Gasteiger partial charge in [0.25, 0.3) is 0 Å². The Morgan fingerprint density at radius 1 is 1.33 bits per heavy atom. The first-order valence-electron chi connectivity index (χ1n) is 6.96. The van der Waals surface area contributed by atoms with Crippen LogP contribution in [0.3, 0.4) is 0 Å². The van der Waals surface area contributed by atoms with E-state index >= 15 is 0 Å². The van der Waals surface area contributed by atoms with Crippen LogP contribution in [0.5, 0.6) is 0 Å². The van der Waals surface area contributed by atoms with Crippen LogP contribution in [-0.4, -0.2) is 32.1 Å². The summed E-state index contributed by atoms with van der Waals surface area (Å²) in [6.07, 6.45) is 5.74. The highest BCUT2D eigenvalue weighted by molar-refractivity contribution is 8.00. The molecule has 1 aliphatic rings. The molecule has 1 atom stereocenters. The minimum absolute atomic E-state index is 0.334. The number of nitrogens with one attached hydrogen (secondary N) is 1. The van der Waals surface area contributed by atoms with Gasteiger partial charge >= 0.3 is 6.03 Å². The number of hydrogen-bond donors (Lipinski definition) is 3. The molecule has 1 saturated carbocycles. The van der Waals surface area contributed by atoms with Gasteiger partial charge in [-0.25, -0.2) is 9.47 Å². The number of carbonyl (C=O) groups excluding carboxylic acids is 2. The van der Waals surface area contributed by atoms with Crippen LogP contribution in [0.1, 0.15) is 50.8 Å². The molecule has 0 spiro atoms. The lowest BCUT2D eigenvalue weighted by molar-refractivity contribution is -0.119. The quantitative estimate of drug-likeness (QED) is 0.555. The molecule has 5 N–H and O–H groups in total. The molecular formula is C12H20N6O2S. The number of carbonyl (C=O) groups is 2. The Bertz CT molecular complexity index is 526. The predicted molar refractivity (Wildman–Crippen MR) is 79.0 cm³/mol. The Balaban J connectivity index is 2.02. The van der Waals surface area contributed by atoms with E-state index < -0.39 is 17.2 Å². The summed E-state index contributed by atoms with van der Waals surface area (Å²) in [6, 6.07) is -0.871. The Kier molecular flexibility index (Phi) is 5.05. The summed E-state index contributed by atoms with van der Waals surface area (Å²) < 4.78 is 1.45. The minimum Gasteiger partial charge on any atom is -0.351 e. The predicted octanol–water partition coefficient (Wildman–Crippen LogP) is 0.715. The van der Waals surface area contributed by atoms with E-state index in [2.05, 4.69) is 10.2 Å². The Morgan fingerprint density at radius 3 is 2.62 bits per heavy atom. The molecule has 1 aromatic heterocycles. The Morgan fingerprint density at radius 2 is 2.00 bits per heavy atom. The smallest absolute Gasteiger partial charge is 0.318 e. The molecule has 0 radical (unpaired) electrons. The van der Waals surface area contributed by atoms with Crippen molar-refractivity contribution in [2.75, 3.05) is 5.84 Å². The average Bonchev–Trinajstić information content (AvgIpc) is 2.80. The third kappa shape index (κ3) is 3.87. The van der Waals surface area contributed by atoms with Crippen LogP contribution in [0.25, 0.3) is 0 Å². The van der Waals surface area contributed by atoms with Gasteiger partial charge in [0, 0.05) is 5.92 Å². The number of nitrogens with two attached hydrogens (primary N) is 2. The number of amides is 3. The van der Waals surface area contributed by atoms with Crippen molar-refractivity contribution in [3.05, 3.63) is 5.82 Å². The SMILES string of the molecule is C[C@H](Sc1nnc(C2CCCCC2)n1N)C(=O)NC(N)=O. The highest BCUT2D eigenvalue weighted by Crippen LogP contribution is 2.32. The molecule has 8 nitrogen and oxygen atoms in total. The van der Waals surface area contributed by atoms with Crippen molar-refractivity contribution in [1.82, 2.24) is 20.2 Å². The van der Waals surface area contributed by atoms with E-state index in [0.29, 0.717) is 11.1 Å². The van der Waals surface area contributed by atoms with Crippen LogP contribution in [0.4, 0.5) is 4.79 Å². The van der Waals surface area contributed by atoms with E-state index in [9.17, 15) is 9.59 Å². The van der Waals surface area contributed by atoms with E-state index in [-0.39, 0.29) is 0 Å². The largest absolute Gasteiger partial charge is 0.351 e. The van der Waals surface area contributed by atoms with Crippen molar-refractivity contribution in [3.8, 4) is 0 Å². The number of nitrogen functional groups attached to an aromatic ring is 1. The summed E-state index contributed by atoms with van der Waals surface area (Å²) in [5, 5.41) is 10.2. The van der Waals surface area contributed by atoms with E-state index in [1.807, 2.05) is 5.32 Å². The van der Waals surface area contributed by atoms with Gasteiger partial charge in [-0.15, -0.1) is 10.2 Å². The summed E-state index contributed by atoms with van der Waals surface area (Å²) in [5.41, 5.74) is 4.92. The number of imide groups is 1. The third-order valence-corrected chi connectivity index (χ3v) is 4.62. The van der Waals surface area contributed by atoms with Crippen molar-refractivity contribution < 1.29 is 9.59 Å². The average molecular weight is 312 g/mol. The highest BCUT2D eigenvalue weighted by Gasteiger charge is 2.25. The third-order valence-electron chi connectivity index (χ3n) is 3.56. The number of rotatable bonds is 4. The fraction of sp³-hybridized carbons (Fsp3) is 0.667. The fourth-order valence-electron chi connectivity index (χ4n) is 2.44. The first-order chi connectivity index (χ1) is 9.99. The van der Waals surface area contributed by atoms with Crippen LogP contribution < -0.4 is 16.9 Å². The van der Waals surface area contributed by atoms with Crippen molar-refractivity contribution in [3.63, 3.8) is 0 Å². The zero-order chi connectivity index (χ0) is 15.4. The zero-order valence-corrected chi connectivity index (χ0v) is 12.7. The summed E-state index contributed by atoms with van der Waals surface area (Å²) in [4.78, 5) is 22.3. The topological polar surface area (TPSA) is 129 Å². The number of thioether (sulfide) groups is 1. The number of aromatic nitrogens is 3. The van der Waals surface area contributed by atoms with Crippen LogP contribution in [0.15, 0.2) is 5.16 Å². The van der Waals surface area contributed by atoms with Crippen LogP contribution >= 0.6 is 11.8 Å². The standard InChI is InChI=1S/C12H20N6O2S/c1-7(10(19)15-11(13)20)21-12-17-16-9(18(12)14)8-5-3-2-4-6-8/h7-8H,2-6,14H2,1H3,(H3,13,15,19,20)/t7-/m0/s1. The minimum atomic E-state index is -0.871. The highest BCUT2D eigenvalue weighted by atomic mass is 32.2. The first-order valence-corrected chi connectivity index (χ1v) is 7.84. The van der Waals surface area contributed by atoms with E-state index in [4.69, 9.17) is 11.6 Å². The summed E-state index contributed by atoms with van der Waals surface area (Å²) in [7, 11) is 0. The first kappa shape index (κ1) is 15.6. The molecule has 0 bridgehead atoms. The molecule has 1 aromatic rings. The molecule has 1 fully saturated rings. The van der Waals surface area contributed by atoms with Gasteiger partial charge in [0.1, 0.15) is 0 Å². The van der Waals surface area contributed by atoms with Gasteiger partial charge in [-0.3, -0.25) is 10.1 Å². The molecule has 0 saturated heterocycles. The van der Waals surface area contributed by atoms with E-state index in [1.165, 1.54) is 23.9 Å². The Hall–Kier alpha value is -1.77. The molecule has 0 aliphatic heterocycles. The molecule has 0 unspecified atom stereocenters. The van der Waals surface area contributed by atoms with Crippen molar-refractivity contribution in [2.24, 2.45) is 5.73 Å². The molecule has 9 heteroatoms. The number of nitrogens with zero attached hydrogens (tertiary/aromatic N) is 3. The second kappa shape index (κ2) is 6.79. The number of urea groups is 1. The van der Waals surface area contributed by atoms with Crippen molar-refractivity contribution in [1.29, 1.82) is 0 Å². The second-order valence-corrected chi connectivity index (χ2v) is 6.47. The van der Waals surface area contributed by atoms with Gasteiger partial charge in [-0.05, 0) is 19.8 Å². The van der Waals surface area contributed by atoms with Gasteiger partial charge in [0.15, 0.2) is 5.82 Å². The maximum Gasteiger partial charge on any atom is 0.318 e. The summed E-state index contributed by atoms with van der Waals surface area (Å²) in [6.45, 7) is 1.65. The van der Waals surface area contributed by atoms with Crippen molar-refractivity contribution in [2.45, 2.75) is 55.4 Å². The number of primary amides is 1. The molecule has 21 heavy (non-hydrogen) atoms. The van der Waals surface area contributed by atoms with Gasteiger partial charge in [-0.2, -0.15) is 0 Å². The molecule has 1 heterocycles. The molecule has 1 aliphatic carbocycles. The molecule has 3 amide bonds. The summed E-state index contributed by atoms with van der Waals surface area (Å²) >= 11 is 1.15.